The third-order valence-electron chi connectivity index (χ3n) is 2.37. The van der Waals surface area contributed by atoms with Gasteiger partial charge in [0.05, 0.1) is 4.90 Å². The van der Waals surface area contributed by atoms with E-state index >= 15 is 0 Å². The first-order valence-corrected chi connectivity index (χ1v) is 8.41. The first-order valence-electron chi connectivity index (χ1n) is 5.34. The van der Waals surface area contributed by atoms with Crippen LogP contribution in [0.3, 0.4) is 0 Å². The van der Waals surface area contributed by atoms with Crippen molar-refractivity contribution in [1.29, 1.82) is 0 Å². The van der Waals surface area contributed by atoms with Crippen molar-refractivity contribution in [2.24, 2.45) is 0 Å². The van der Waals surface area contributed by atoms with Crippen molar-refractivity contribution in [2.75, 3.05) is 13.3 Å². The molecule has 0 radical (unpaired) electrons. The third-order valence-corrected chi connectivity index (χ3v) is 3.79. The highest BCUT2D eigenvalue weighted by Crippen LogP contribution is 2.23. The van der Waals surface area contributed by atoms with Gasteiger partial charge in [-0.1, -0.05) is 18.2 Å². The summed E-state index contributed by atoms with van der Waals surface area (Å²) in [4.78, 5) is 17.5. The molecule has 1 atom stereocenters. The number of carbonyl (C=O) groups is 1. The minimum Gasteiger partial charge on any atom is -0.354 e. The highest BCUT2D eigenvalue weighted by Gasteiger charge is 2.26. The van der Waals surface area contributed by atoms with Crippen molar-refractivity contribution in [3.63, 3.8) is 0 Å². The van der Waals surface area contributed by atoms with Crippen LogP contribution in [0.4, 0.5) is 0 Å². The van der Waals surface area contributed by atoms with E-state index < -0.39 is 32.7 Å². The molecular formula is C10H14N2O6S2. The first-order chi connectivity index (χ1) is 9.27. The summed E-state index contributed by atoms with van der Waals surface area (Å²) in [7, 11) is -5.22. The Morgan fingerprint density at radius 2 is 1.90 bits per heavy atom. The lowest BCUT2D eigenvalue weighted by Gasteiger charge is -2.17. The van der Waals surface area contributed by atoms with Gasteiger partial charge in [0.2, 0.25) is 10.9 Å². The molecule has 0 heterocycles. The fraction of sp³-hybridized carbons (Fsp3) is 0.300. The van der Waals surface area contributed by atoms with Crippen molar-refractivity contribution in [1.82, 2.24) is 10.2 Å². The van der Waals surface area contributed by atoms with Gasteiger partial charge in [-0.3, -0.25) is 0 Å². The SMILES string of the molecule is CNC(C(=O)ON[SH](=O)=O)c1ccccc1S(C)(=O)=O. The van der Waals surface area contributed by atoms with Gasteiger partial charge in [0.15, 0.2) is 9.84 Å². The molecule has 10 heteroatoms. The number of carbonyl (C=O) groups excluding carboxylic acids is 1. The van der Waals surface area contributed by atoms with Crippen LogP contribution < -0.4 is 10.2 Å². The van der Waals surface area contributed by atoms with Crippen molar-refractivity contribution in [2.45, 2.75) is 10.9 Å². The second kappa shape index (κ2) is 6.79. The summed E-state index contributed by atoms with van der Waals surface area (Å²) in [6.07, 6.45) is 1.01. The Bertz CT molecular complexity index is 660. The molecule has 1 unspecified atom stereocenters. The topological polar surface area (TPSA) is 119 Å². The van der Waals surface area contributed by atoms with Gasteiger partial charge >= 0.3 is 5.97 Å². The number of rotatable bonds is 6. The van der Waals surface area contributed by atoms with Crippen molar-refractivity contribution >= 4 is 26.7 Å². The molecule has 1 aromatic rings. The molecule has 1 rings (SSSR count). The Balaban J connectivity index is 3.16. The average molecular weight is 322 g/mol. The largest absolute Gasteiger partial charge is 0.354 e. The minimum atomic E-state index is -3.54. The fourth-order valence-corrected chi connectivity index (χ4v) is 2.70. The molecule has 0 fully saturated rings. The van der Waals surface area contributed by atoms with Gasteiger partial charge in [-0.05, 0) is 23.6 Å². The van der Waals surface area contributed by atoms with Gasteiger partial charge in [-0.2, -0.15) is 0 Å². The normalized spacial score (nSPS) is 13.2. The predicted octanol–water partition coefficient (Wildman–Crippen LogP) is -1.08. The van der Waals surface area contributed by atoms with Gasteiger partial charge in [0, 0.05) is 6.26 Å². The van der Waals surface area contributed by atoms with E-state index in [1.807, 2.05) is 0 Å². The van der Waals surface area contributed by atoms with E-state index in [1.165, 1.54) is 30.1 Å². The Kier molecular flexibility index (Phi) is 5.62. The van der Waals surface area contributed by atoms with Crippen LogP contribution in [0.25, 0.3) is 0 Å². The summed E-state index contributed by atoms with van der Waals surface area (Å²) in [6, 6.07) is 4.75. The highest BCUT2D eigenvalue weighted by molar-refractivity contribution is 7.90. The van der Waals surface area contributed by atoms with Crippen molar-refractivity contribution in [3.8, 4) is 0 Å². The van der Waals surface area contributed by atoms with Crippen LogP contribution in [-0.4, -0.2) is 36.1 Å². The predicted molar refractivity (Wildman–Crippen MR) is 70.9 cm³/mol. The summed E-state index contributed by atoms with van der Waals surface area (Å²) < 4.78 is 44.0. The zero-order valence-electron chi connectivity index (χ0n) is 10.7. The molecule has 0 aliphatic rings. The molecular weight excluding hydrogens is 308 g/mol. The molecule has 0 bridgehead atoms. The number of sulfone groups is 1. The van der Waals surface area contributed by atoms with E-state index in [9.17, 15) is 21.6 Å². The maximum absolute atomic E-state index is 11.7. The lowest BCUT2D eigenvalue weighted by Crippen LogP contribution is -2.32. The number of benzene rings is 1. The van der Waals surface area contributed by atoms with Crippen LogP contribution in [0.15, 0.2) is 29.2 Å². The molecule has 8 nitrogen and oxygen atoms in total. The van der Waals surface area contributed by atoms with Crippen LogP contribution >= 0.6 is 0 Å². The Morgan fingerprint density at radius 1 is 1.30 bits per heavy atom. The molecule has 0 aliphatic heterocycles. The zero-order valence-corrected chi connectivity index (χ0v) is 12.4. The maximum Gasteiger partial charge on any atom is 0.347 e. The summed E-state index contributed by atoms with van der Waals surface area (Å²) in [5.41, 5.74) is 0.172. The van der Waals surface area contributed by atoms with Crippen LogP contribution in [-0.2, 0) is 30.4 Å². The maximum atomic E-state index is 11.7. The van der Waals surface area contributed by atoms with Gasteiger partial charge in [-0.15, -0.1) is 0 Å². The molecule has 0 spiro atoms. The Labute approximate surface area is 118 Å². The quantitative estimate of drug-likeness (QED) is 0.450. The summed E-state index contributed by atoms with van der Waals surface area (Å²) in [5, 5.41) is 2.58. The van der Waals surface area contributed by atoms with E-state index in [-0.39, 0.29) is 10.5 Å². The number of likely N-dealkylation sites (N-methyl/N-ethyl adjacent to an activating group) is 1. The molecule has 2 N–H and O–H groups in total. The van der Waals surface area contributed by atoms with E-state index in [4.69, 9.17) is 0 Å². The molecule has 0 amide bonds. The molecule has 0 saturated heterocycles. The fourth-order valence-electron chi connectivity index (χ4n) is 1.60. The number of hydrogen-bond acceptors (Lipinski definition) is 7. The summed E-state index contributed by atoms with van der Waals surface area (Å²) in [5.74, 6) is -0.970. The van der Waals surface area contributed by atoms with Gasteiger partial charge < -0.3 is 10.2 Å². The first kappa shape index (κ1) is 16.6. The minimum absolute atomic E-state index is 0.0391. The van der Waals surface area contributed by atoms with Crippen LogP contribution in [0.1, 0.15) is 11.6 Å². The lowest BCUT2D eigenvalue weighted by atomic mass is 10.1. The second-order valence-electron chi connectivity index (χ2n) is 3.80. The molecule has 112 valence electrons. The molecule has 0 aromatic heterocycles. The van der Waals surface area contributed by atoms with Crippen molar-refractivity contribution in [3.05, 3.63) is 29.8 Å². The van der Waals surface area contributed by atoms with E-state index in [0.717, 1.165) is 6.26 Å². The van der Waals surface area contributed by atoms with Crippen LogP contribution in [0.2, 0.25) is 0 Å². The van der Waals surface area contributed by atoms with Crippen molar-refractivity contribution < 1.29 is 26.5 Å². The Hall–Kier alpha value is -1.49. The van der Waals surface area contributed by atoms with Crippen LogP contribution in [0.5, 0.6) is 0 Å². The molecule has 1 aromatic carbocycles. The standard InChI is InChI=1S/C10H14N2O6S2/c1-11-9(10(13)18-12-19(14)15)7-5-3-4-6-8(7)20(2,16)17/h3-6,9,11,19H,1-2H3,(H,12,14,15). The van der Waals surface area contributed by atoms with Gasteiger partial charge in [-0.25, -0.2) is 21.6 Å². The molecule has 20 heavy (non-hydrogen) atoms. The van der Waals surface area contributed by atoms with Gasteiger partial charge in [0.1, 0.15) is 6.04 Å². The van der Waals surface area contributed by atoms with Gasteiger partial charge in [0.25, 0.3) is 0 Å². The molecule has 0 saturated carbocycles. The number of hydrogen-bond donors (Lipinski definition) is 3. The number of thiol groups is 1. The smallest absolute Gasteiger partial charge is 0.347 e. The molecule has 0 aliphatic carbocycles. The average Bonchev–Trinajstić information content (AvgIpc) is 2.36. The zero-order chi connectivity index (χ0) is 15.3. The van der Waals surface area contributed by atoms with E-state index in [1.54, 1.807) is 6.07 Å². The lowest BCUT2D eigenvalue weighted by molar-refractivity contribution is -0.149. The monoisotopic (exact) mass is 322 g/mol. The number of nitrogens with one attached hydrogen (secondary N) is 2. The summed E-state index contributed by atoms with van der Waals surface area (Å²) >= 11 is 0. The third kappa shape index (κ3) is 4.27. The van der Waals surface area contributed by atoms with E-state index in [2.05, 4.69) is 10.2 Å². The second-order valence-corrected chi connectivity index (χ2v) is 6.48. The highest BCUT2D eigenvalue weighted by atomic mass is 32.2. The van der Waals surface area contributed by atoms with E-state index in [0.29, 0.717) is 0 Å². The Morgan fingerprint density at radius 3 is 2.40 bits per heavy atom. The van der Waals surface area contributed by atoms with Crippen LogP contribution in [0, 0.1) is 0 Å². The summed E-state index contributed by atoms with van der Waals surface area (Å²) in [6.45, 7) is 0.